The highest BCUT2D eigenvalue weighted by Gasteiger charge is 2.15. The van der Waals surface area contributed by atoms with Gasteiger partial charge in [-0.2, -0.15) is 0 Å². The summed E-state index contributed by atoms with van der Waals surface area (Å²) in [5.74, 6) is 0. The molecule has 0 aromatic heterocycles. The molecule has 15 heavy (non-hydrogen) atoms. The van der Waals surface area contributed by atoms with Crippen LogP contribution in [-0.4, -0.2) is 16.3 Å². The third-order valence-electron chi connectivity index (χ3n) is 2.51. The van der Waals surface area contributed by atoms with Crippen molar-refractivity contribution >= 4 is 10.8 Å². The molecule has 0 aliphatic carbocycles. The molecule has 2 heteroatoms. The van der Waals surface area contributed by atoms with E-state index in [9.17, 15) is 10.2 Å². The summed E-state index contributed by atoms with van der Waals surface area (Å²) >= 11 is 0. The second kappa shape index (κ2) is 4.01. The van der Waals surface area contributed by atoms with Gasteiger partial charge in [0.05, 0.1) is 6.10 Å². The van der Waals surface area contributed by atoms with Crippen molar-refractivity contribution in [1.29, 1.82) is 0 Å². The fourth-order valence-corrected chi connectivity index (χ4v) is 1.72. The van der Waals surface area contributed by atoms with Crippen molar-refractivity contribution in [3.63, 3.8) is 0 Å². The number of fused-ring (bicyclic) bond motifs is 1. The Bertz CT molecular complexity index is 458. The van der Waals surface area contributed by atoms with E-state index >= 15 is 0 Å². The summed E-state index contributed by atoms with van der Waals surface area (Å²) in [4.78, 5) is 0. The Hall–Kier alpha value is -1.38. The predicted octanol–water partition coefficient (Wildman–Crippen LogP) is 2.07. The lowest BCUT2D eigenvalue weighted by molar-refractivity contribution is 0.0475. The summed E-state index contributed by atoms with van der Waals surface area (Å²) in [6, 6.07) is 13.4. The second-order valence-electron chi connectivity index (χ2n) is 3.58. The predicted molar refractivity (Wildman–Crippen MR) is 60.3 cm³/mol. The molecule has 0 heterocycles. The zero-order valence-electron chi connectivity index (χ0n) is 8.30. The molecule has 0 aliphatic rings. The summed E-state index contributed by atoms with van der Waals surface area (Å²) in [6.45, 7) is 3.43. The van der Waals surface area contributed by atoms with Crippen LogP contribution < -0.4 is 0 Å². The van der Waals surface area contributed by atoms with Crippen LogP contribution in [0, 0.1) is 6.92 Å². The second-order valence-corrected chi connectivity index (χ2v) is 3.58. The Kier molecular flexibility index (Phi) is 2.71. The number of rotatable bonds is 2. The van der Waals surface area contributed by atoms with Gasteiger partial charge in [-0.1, -0.05) is 42.5 Å². The van der Waals surface area contributed by atoms with Crippen molar-refractivity contribution < 1.29 is 10.2 Å². The molecule has 0 aliphatic heterocycles. The molecule has 0 bridgehead atoms. The molecule has 2 unspecified atom stereocenters. The highest BCUT2D eigenvalue weighted by atomic mass is 16.3. The van der Waals surface area contributed by atoms with Gasteiger partial charge in [-0.05, 0) is 23.3 Å². The van der Waals surface area contributed by atoms with E-state index in [0.717, 1.165) is 16.3 Å². The van der Waals surface area contributed by atoms with Crippen molar-refractivity contribution in [2.24, 2.45) is 0 Å². The van der Waals surface area contributed by atoms with Crippen LogP contribution in [0.3, 0.4) is 0 Å². The molecule has 2 atom stereocenters. The Morgan fingerprint density at radius 3 is 2.33 bits per heavy atom. The van der Waals surface area contributed by atoms with Crippen LogP contribution in [0.1, 0.15) is 11.7 Å². The van der Waals surface area contributed by atoms with Gasteiger partial charge in [-0.25, -0.2) is 0 Å². The molecule has 2 rings (SSSR count). The summed E-state index contributed by atoms with van der Waals surface area (Å²) in [6.07, 6.45) is -1.94. The molecule has 0 saturated heterocycles. The SMILES string of the molecule is [CH2]C(O)C(O)c1cccc2ccccc12. The average molecular weight is 201 g/mol. The van der Waals surface area contributed by atoms with E-state index in [4.69, 9.17) is 0 Å². The maximum atomic E-state index is 9.78. The van der Waals surface area contributed by atoms with Gasteiger partial charge in [0.1, 0.15) is 6.10 Å². The van der Waals surface area contributed by atoms with Gasteiger partial charge in [0.2, 0.25) is 0 Å². The zero-order valence-corrected chi connectivity index (χ0v) is 8.30. The van der Waals surface area contributed by atoms with Crippen LogP contribution in [0.25, 0.3) is 10.8 Å². The first kappa shape index (κ1) is 10.1. The van der Waals surface area contributed by atoms with Crippen molar-refractivity contribution in [1.82, 2.24) is 0 Å². The Morgan fingerprint density at radius 1 is 0.933 bits per heavy atom. The minimum absolute atomic E-state index is 0.718. The summed E-state index contributed by atoms with van der Waals surface area (Å²) < 4.78 is 0. The fourth-order valence-electron chi connectivity index (χ4n) is 1.72. The monoisotopic (exact) mass is 201 g/mol. The Labute approximate surface area is 88.8 Å². The quantitative estimate of drug-likeness (QED) is 0.780. The fraction of sp³-hybridized carbons (Fsp3) is 0.154. The first-order chi connectivity index (χ1) is 7.20. The normalized spacial score (nSPS) is 15.1. The third-order valence-corrected chi connectivity index (χ3v) is 2.51. The first-order valence-corrected chi connectivity index (χ1v) is 4.87. The van der Waals surface area contributed by atoms with Gasteiger partial charge in [0, 0.05) is 0 Å². The van der Waals surface area contributed by atoms with Crippen molar-refractivity contribution in [3.8, 4) is 0 Å². The van der Waals surface area contributed by atoms with Gasteiger partial charge in [0.15, 0.2) is 0 Å². The minimum atomic E-state index is -1.00. The molecule has 0 saturated carbocycles. The molecule has 0 amide bonds. The van der Waals surface area contributed by atoms with E-state index in [1.165, 1.54) is 0 Å². The summed E-state index contributed by atoms with van der Waals surface area (Å²) in [5.41, 5.74) is 0.718. The summed E-state index contributed by atoms with van der Waals surface area (Å²) in [5, 5.41) is 21.1. The largest absolute Gasteiger partial charge is 0.390 e. The van der Waals surface area contributed by atoms with E-state index < -0.39 is 12.2 Å². The highest BCUT2D eigenvalue weighted by molar-refractivity contribution is 5.86. The lowest BCUT2D eigenvalue weighted by atomic mass is 9.98. The lowest BCUT2D eigenvalue weighted by Gasteiger charge is -2.15. The van der Waals surface area contributed by atoms with Gasteiger partial charge >= 0.3 is 0 Å². The number of hydrogen-bond donors (Lipinski definition) is 2. The number of aliphatic hydroxyl groups is 2. The van der Waals surface area contributed by atoms with Crippen molar-refractivity contribution in [2.45, 2.75) is 12.2 Å². The molecule has 2 nitrogen and oxygen atoms in total. The highest BCUT2D eigenvalue weighted by Crippen LogP contribution is 2.25. The van der Waals surface area contributed by atoms with Crippen LogP contribution in [0.15, 0.2) is 42.5 Å². The van der Waals surface area contributed by atoms with E-state index in [-0.39, 0.29) is 0 Å². The standard InChI is InChI=1S/C13H13O2/c1-9(14)13(15)12-8-4-6-10-5-2-3-7-11(10)12/h2-9,13-15H,1H2. The molecule has 2 N–H and O–H groups in total. The molecular weight excluding hydrogens is 188 g/mol. The maximum absolute atomic E-state index is 9.78. The topological polar surface area (TPSA) is 40.5 Å². The molecule has 77 valence electrons. The van der Waals surface area contributed by atoms with Gasteiger partial charge < -0.3 is 10.2 Å². The van der Waals surface area contributed by atoms with E-state index in [1.807, 2.05) is 36.4 Å². The van der Waals surface area contributed by atoms with E-state index in [0.29, 0.717) is 0 Å². The maximum Gasteiger partial charge on any atom is 0.105 e. The van der Waals surface area contributed by atoms with Crippen molar-refractivity contribution in [2.75, 3.05) is 0 Å². The van der Waals surface area contributed by atoms with Crippen molar-refractivity contribution in [3.05, 3.63) is 55.0 Å². The minimum Gasteiger partial charge on any atom is -0.390 e. The van der Waals surface area contributed by atoms with Crippen LogP contribution in [0.4, 0.5) is 0 Å². The molecule has 2 aromatic rings. The molecular formula is C13H13O2. The van der Waals surface area contributed by atoms with Gasteiger partial charge in [-0.3, -0.25) is 0 Å². The molecule has 1 radical (unpaired) electrons. The van der Waals surface area contributed by atoms with Gasteiger partial charge in [0.25, 0.3) is 0 Å². The van der Waals surface area contributed by atoms with Crippen LogP contribution in [-0.2, 0) is 0 Å². The molecule has 0 spiro atoms. The Morgan fingerprint density at radius 2 is 1.60 bits per heavy atom. The third kappa shape index (κ3) is 1.87. The average Bonchev–Trinajstić information content (AvgIpc) is 2.27. The van der Waals surface area contributed by atoms with Crippen LogP contribution >= 0.6 is 0 Å². The number of hydrogen-bond acceptors (Lipinski definition) is 2. The van der Waals surface area contributed by atoms with Crippen LogP contribution in [0.2, 0.25) is 0 Å². The van der Waals surface area contributed by atoms with E-state index in [2.05, 4.69) is 6.92 Å². The lowest BCUT2D eigenvalue weighted by Crippen LogP contribution is -2.14. The number of benzene rings is 2. The smallest absolute Gasteiger partial charge is 0.105 e. The number of aliphatic hydroxyl groups excluding tert-OH is 2. The molecule has 0 fully saturated rings. The Balaban J connectivity index is 2.60. The van der Waals surface area contributed by atoms with Gasteiger partial charge in [-0.15, -0.1) is 0 Å². The van der Waals surface area contributed by atoms with Crippen LogP contribution in [0.5, 0.6) is 0 Å². The molecule has 2 aromatic carbocycles. The van der Waals surface area contributed by atoms with E-state index in [1.54, 1.807) is 6.07 Å². The summed E-state index contributed by atoms with van der Waals surface area (Å²) in [7, 11) is 0. The first-order valence-electron chi connectivity index (χ1n) is 4.87. The zero-order chi connectivity index (χ0) is 10.8.